The van der Waals surface area contributed by atoms with Crippen LogP contribution in [0.25, 0.3) is 0 Å². The van der Waals surface area contributed by atoms with Gasteiger partial charge in [0.2, 0.25) is 5.91 Å². The first-order chi connectivity index (χ1) is 12.7. The Hall–Kier alpha value is -1.40. The normalized spacial score (nSPS) is 18.3. The van der Waals surface area contributed by atoms with E-state index in [1.54, 1.807) is 11.3 Å². The number of para-hydroxylation sites is 1. The number of anilines is 1. The molecular weight excluding hydrogens is 366 g/mol. The van der Waals surface area contributed by atoms with Crippen LogP contribution in [-0.4, -0.2) is 55.0 Å². The van der Waals surface area contributed by atoms with E-state index < -0.39 is 0 Å². The third-order valence-electron chi connectivity index (χ3n) is 5.30. The topological polar surface area (TPSA) is 26.8 Å². The molecule has 1 fully saturated rings. The smallest absolute Gasteiger partial charge is 0.228 e. The molecule has 1 aromatic carbocycles. The quantitative estimate of drug-likeness (QED) is 0.783. The lowest BCUT2D eigenvalue weighted by Gasteiger charge is -2.34. The molecular formula is C20H24ClN3OS. The van der Waals surface area contributed by atoms with Gasteiger partial charge in [0.1, 0.15) is 0 Å². The number of rotatable bonds is 5. The highest BCUT2D eigenvalue weighted by Crippen LogP contribution is 2.28. The molecule has 0 bridgehead atoms. The molecule has 0 atom stereocenters. The minimum atomic E-state index is 0.255. The summed E-state index contributed by atoms with van der Waals surface area (Å²) in [7, 11) is 0. The predicted molar refractivity (Wildman–Crippen MR) is 108 cm³/mol. The SMILES string of the molecule is O=C(CCN1CCN(Cc2ccc(Cl)s2)CC1)N1CCc2ccccc21. The number of amides is 1. The van der Waals surface area contributed by atoms with E-state index in [0.29, 0.717) is 6.42 Å². The van der Waals surface area contributed by atoms with Gasteiger partial charge in [0.15, 0.2) is 0 Å². The number of carbonyl (C=O) groups excluding carboxylic acids is 1. The molecule has 2 aliphatic heterocycles. The summed E-state index contributed by atoms with van der Waals surface area (Å²) in [5, 5.41) is 0. The number of benzene rings is 1. The van der Waals surface area contributed by atoms with Crippen molar-refractivity contribution in [2.75, 3.05) is 44.2 Å². The zero-order chi connectivity index (χ0) is 17.9. The van der Waals surface area contributed by atoms with Crippen molar-refractivity contribution < 1.29 is 4.79 Å². The maximum absolute atomic E-state index is 12.6. The molecule has 2 aliphatic rings. The summed E-state index contributed by atoms with van der Waals surface area (Å²) in [5.41, 5.74) is 2.40. The summed E-state index contributed by atoms with van der Waals surface area (Å²) in [4.78, 5) is 20.8. The highest BCUT2D eigenvalue weighted by Gasteiger charge is 2.25. The number of hydrogen-bond acceptors (Lipinski definition) is 4. The predicted octanol–water partition coefficient (Wildman–Crippen LogP) is 3.50. The van der Waals surface area contributed by atoms with Gasteiger partial charge in [-0.3, -0.25) is 9.69 Å². The number of fused-ring (bicyclic) bond motifs is 1. The number of thiophene rings is 1. The number of piperazine rings is 1. The van der Waals surface area contributed by atoms with E-state index in [0.717, 1.165) is 62.3 Å². The lowest BCUT2D eigenvalue weighted by Crippen LogP contribution is -2.46. The molecule has 1 aromatic heterocycles. The molecule has 6 heteroatoms. The average Bonchev–Trinajstić information content (AvgIpc) is 3.27. The van der Waals surface area contributed by atoms with Gasteiger partial charge in [0.05, 0.1) is 4.34 Å². The first-order valence-electron chi connectivity index (χ1n) is 9.26. The van der Waals surface area contributed by atoms with Gasteiger partial charge in [-0.25, -0.2) is 0 Å². The van der Waals surface area contributed by atoms with Crippen LogP contribution in [0.5, 0.6) is 0 Å². The number of carbonyl (C=O) groups is 1. The van der Waals surface area contributed by atoms with E-state index in [1.807, 2.05) is 17.0 Å². The molecule has 3 heterocycles. The molecule has 0 unspecified atom stereocenters. The fourth-order valence-corrected chi connectivity index (χ4v) is 4.94. The summed E-state index contributed by atoms with van der Waals surface area (Å²) >= 11 is 7.68. The lowest BCUT2D eigenvalue weighted by atomic mass is 10.2. The second-order valence-corrected chi connectivity index (χ2v) is 8.80. The second-order valence-electron chi connectivity index (χ2n) is 7.00. The molecule has 0 spiro atoms. The highest BCUT2D eigenvalue weighted by atomic mass is 35.5. The lowest BCUT2D eigenvalue weighted by molar-refractivity contribution is -0.118. The molecule has 0 saturated carbocycles. The standard InChI is InChI=1S/C20H24ClN3OS/c21-19-6-5-17(26-19)15-23-13-11-22(12-14-23)9-8-20(25)24-10-7-16-3-1-2-4-18(16)24/h1-6H,7-15H2. The maximum Gasteiger partial charge on any atom is 0.228 e. The Morgan fingerprint density at radius 3 is 2.54 bits per heavy atom. The van der Waals surface area contributed by atoms with Crippen LogP contribution in [0.3, 0.4) is 0 Å². The third kappa shape index (κ3) is 4.12. The fourth-order valence-electron chi connectivity index (χ4n) is 3.81. The Balaban J connectivity index is 1.22. The van der Waals surface area contributed by atoms with Gasteiger partial charge < -0.3 is 9.80 Å². The average molecular weight is 390 g/mol. The molecule has 1 saturated heterocycles. The monoisotopic (exact) mass is 389 g/mol. The van der Waals surface area contributed by atoms with Gasteiger partial charge in [-0.05, 0) is 30.2 Å². The summed E-state index contributed by atoms with van der Waals surface area (Å²) in [5.74, 6) is 0.255. The Labute approximate surface area is 164 Å². The van der Waals surface area contributed by atoms with Gasteiger partial charge in [0.25, 0.3) is 0 Å². The Morgan fingerprint density at radius 1 is 1.00 bits per heavy atom. The largest absolute Gasteiger partial charge is 0.312 e. The second kappa shape index (κ2) is 8.09. The Bertz CT molecular complexity index is 770. The molecule has 0 radical (unpaired) electrons. The van der Waals surface area contributed by atoms with Crippen molar-refractivity contribution in [2.24, 2.45) is 0 Å². The Kier molecular flexibility index (Phi) is 5.60. The summed E-state index contributed by atoms with van der Waals surface area (Å²) in [6.07, 6.45) is 1.59. The van der Waals surface area contributed by atoms with Gasteiger partial charge in [-0.2, -0.15) is 0 Å². The van der Waals surface area contributed by atoms with Crippen LogP contribution >= 0.6 is 22.9 Å². The van der Waals surface area contributed by atoms with E-state index in [-0.39, 0.29) is 5.91 Å². The van der Waals surface area contributed by atoms with Crippen LogP contribution in [0.4, 0.5) is 5.69 Å². The van der Waals surface area contributed by atoms with Crippen molar-refractivity contribution >= 4 is 34.5 Å². The van der Waals surface area contributed by atoms with E-state index in [1.165, 1.54) is 10.4 Å². The van der Waals surface area contributed by atoms with Crippen molar-refractivity contribution in [3.8, 4) is 0 Å². The molecule has 1 amide bonds. The Morgan fingerprint density at radius 2 is 1.77 bits per heavy atom. The van der Waals surface area contributed by atoms with Crippen molar-refractivity contribution in [3.05, 3.63) is 51.2 Å². The van der Waals surface area contributed by atoms with Gasteiger partial charge >= 0.3 is 0 Å². The molecule has 4 rings (SSSR count). The number of halogens is 1. The highest BCUT2D eigenvalue weighted by molar-refractivity contribution is 7.16. The first kappa shape index (κ1) is 18.0. The summed E-state index contributed by atoms with van der Waals surface area (Å²) in [6.45, 7) is 6.83. The minimum Gasteiger partial charge on any atom is -0.312 e. The molecule has 138 valence electrons. The van der Waals surface area contributed by atoms with E-state index >= 15 is 0 Å². The van der Waals surface area contributed by atoms with Gasteiger partial charge in [0, 0.05) is 62.8 Å². The summed E-state index contributed by atoms with van der Waals surface area (Å²) < 4.78 is 0.862. The molecule has 26 heavy (non-hydrogen) atoms. The fraction of sp³-hybridized carbons (Fsp3) is 0.450. The van der Waals surface area contributed by atoms with Gasteiger partial charge in [-0.15, -0.1) is 11.3 Å². The zero-order valence-corrected chi connectivity index (χ0v) is 16.4. The van der Waals surface area contributed by atoms with Crippen LogP contribution in [0.2, 0.25) is 4.34 Å². The van der Waals surface area contributed by atoms with E-state index in [4.69, 9.17) is 11.6 Å². The van der Waals surface area contributed by atoms with E-state index in [9.17, 15) is 4.79 Å². The minimum absolute atomic E-state index is 0.255. The number of hydrogen-bond donors (Lipinski definition) is 0. The zero-order valence-electron chi connectivity index (χ0n) is 14.9. The molecule has 0 N–H and O–H groups in total. The van der Waals surface area contributed by atoms with Crippen LogP contribution in [0.15, 0.2) is 36.4 Å². The van der Waals surface area contributed by atoms with Crippen molar-refractivity contribution in [2.45, 2.75) is 19.4 Å². The molecule has 4 nitrogen and oxygen atoms in total. The van der Waals surface area contributed by atoms with E-state index in [2.05, 4.69) is 34.1 Å². The maximum atomic E-state index is 12.6. The van der Waals surface area contributed by atoms with Crippen molar-refractivity contribution in [3.63, 3.8) is 0 Å². The van der Waals surface area contributed by atoms with Crippen molar-refractivity contribution in [1.82, 2.24) is 9.80 Å². The van der Waals surface area contributed by atoms with Crippen LogP contribution < -0.4 is 4.90 Å². The van der Waals surface area contributed by atoms with Crippen LogP contribution in [0, 0.1) is 0 Å². The van der Waals surface area contributed by atoms with Crippen LogP contribution in [-0.2, 0) is 17.8 Å². The summed E-state index contributed by atoms with van der Waals surface area (Å²) in [6, 6.07) is 12.4. The number of nitrogens with zero attached hydrogens (tertiary/aromatic N) is 3. The first-order valence-corrected chi connectivity index (χ1v) is 10.5. The molecule has 0 aliphatic carbocycles. The van der Waals surface area contributed by atoms with Crippen LogP contribution in [0.1, 0.15) is 16.9 Å². The van der Waals surface area contributed by atoms with Gasteiger partial charge in [-0.1, -0.05) is 29.8 Å². The van der Waals surface area contributed by atoms with Crippen molar-refractivity contribution in [1.29, 1.82) is 0 Å². The molecule has 2 aromatic rings. The third-order valence-corrected chi connectivity index (χ3v) is 6.52.